The third-order valence-corrected chi connectivity index (χ3v) is 2.06. The van der Waals surface area contributed by atoms with Crippen LogP contribution in [0.2, 0.25) is 0 Å². The summed E-state index contributed by atoms with van der Waals surface area (Å²) in [6, 6.07) is 0. The summed E-state index contributed by atoms with van der Waals surface area (Å²) in [6.07, 6.45) is 11.5. The number of hydrogen-bond donors (Lipinski definition) is 0. The zero-order valence-corrected chi connectivity index (χ0v) is 10.2. The van der Waals surface area contributed by atoms with Crippen molar-refractivity contribution in [3.63, 3.8) is 0 Å². The SMILES string of the molecule is C=CCCCCC=CCCOC(=O)C(=C)C. The van der Waals surface area contributed by atoms with Crippen LogP contribution in [0, 0.1) is 0 Å². The smallest absolute Gasteiger partial charge is 0.333 e. The van der Waals surface area contributed by atoms with E-state index in [1.165, 1.54) is 12.8 Å². The van der Waals surface area contributed by atoms with Crippen molar-refractivity contribution in [2.45, 2.75) is 39.0 Å². The summed E-state index contributed by atoms with van der Waals surface area (Å²) < 4.78 is 4.95. The molecular weight excluding hydrogens is 200 g/mol. The van der Waals surface area contributed by atoms with Gasteiger partial charge in [0.2, 0.25) is 0 Å². The predicted molar refractivity (Wildman–Crippen MR) is 68.2 cm³/mol. The largest absolute Gasteiger partial charge is 0.462 e. The highest BCUT2D eigenvalue weighted by Gasteiger charge is 2.00. The summed E-state index contributed by atoms with van der Waals surface area (Å²) in [5, 5.41) is 0. The van der Waals surface area contributed by atoms with Crippen molar-refractivity contribution < 1.29 is 9.53 Å². The van der Waals surface area contributed by atoms with Crippen molar-refractivity contribution in [2.75, 3.05) is 6.61 Å². The van der Waals surface area contributed by atoms with Gasteiger partial charge in [0.25, 0.3) is 0 Å². The fraction of sp³-hybridized carbons (Fsp3) is 0.500. The molecule has 2 nitrogen and oxygen atoms in total. The lowest BCUT2D eigenvalue weighted by Gasteiger charge is -2.00. The summed E-state index contributed by atoms with van der Waals surface area (Å²) >= 11 is 0. The van der Waals surface area contributed by atoms with E-state index >= 15 is 0 Å². The number of carbonyl (C=O) groups is 1. The summed E-state index contributed by atoms with van der Waals surface area (Å²) in [4.78, 5) is 11.0. The van der Waals surface area contributed by atoms with E-state index in [0.717, 1.165) is 19.3 Å². The summed E-state index contributed by atoms with van der Waals surface area (Å²) in [5.74, 6) is -0.306. The van der Waals surface area contributed by atoms with Gasteiger partial charge in [0.15, 0.2) is 0 Å². The van der Waals surface area contributed by atoms with E-state index in [9.17, 15) is 4.79 Å². The van der Waals surface area contributed by atoms with Crippen LogP contribution in [0.4, 0.5) is 0 Å². The fourth-order valence-corrected chi connectivity index (χ4v) is 1.13. The third kappa shape index (κ3) is 9.25. The molecule has 0 atom stereocenters. The van der Waals surface area contributed by atoms with Gasteiger partial charge in [0.05, 0.1) is 6.61 Å². The Hall–Kier alpha value is -1.31. The molecule has 0 radical (unpaired) electrons. The Bertz CT molecular complexity index is 251. The second kappa shape index (κ2) is 10.2. The Balaban J connectivity index is 3.31. The van der Waals surface area contributed by atoms with Gasteiger partial charge in [0, 0.05) is 5.57 Å². The van der Waals surface area contributed by atoms with E-state index in [-0.39, 0.29) is 5.97 Å². The van der Waals surface area contributed by atoms with Crippen LogP contribution in [0.1, 0.15) is 39.0 Å². The first kappa shape index (κ1) is 14.7. The van der Waals surface area contributed by atoms with Crippen LogP contribution in [-0.2, 0) is 9.53 Å². The van der Waals surface area contributed by atoms with Crippen molar-refractivity contribution in [1.29, 1.82) is 0 Å². The minimum Gasteiger partial charge on any atom is -0.462 e. The monoisotopic (exact) mass is 222 g/mol. The lowest BCUT2D eigenvalue weighted by Crippen LogP contribution is -2.05. The highest BCUT2D eigenvalue weighted by atomic mass is 16.5. The number of ether oxygens (including phenoxy) is 1. The molecule has 0 amide bonds. The van der Waals surface area contributed by atoms with Gasteiger partial charge in [-0.05, 0) is 39.0 Å². The van der Waals surface area contributed by atoms with Crippen molar-refractivity contribution in [1.82, 2.24) is 0 Å². The summed E-state index contributed by atoms with van der Waals surface area (Å²) in [5.41, 5.74) is 0.452. The molecule has 0 fully saturated rings. The van der Waals surface area contributed by atoms with Crippen molar-refractivity contribution in [3.8, 4) is 0 Å². The molecule has 0 heterocycles. The molecule has 0 aromatic heterocycles. The molecule has 0 unspecified atom stereocenters. The molecule has 90 valence electrons. The van der Waals surface area contributed by atoms with Crippen molar-refractivity contribution in [3.05, 3.63) is 37.0 Å². The van der Waals surface area contributed by atoms with Crippen LogP contribution in [0.15, 0.2) is 37.0 Å². The van der Waals surface area contributed by atoms with Gasteiger partial charge < -0.3 is 4.74 Å². The molecule has 16 heavy (non-hydrogen) atoms. The number of allylic oxidation sites excluding steroid dienone is 2. The van der Waals surface area contributed by atoms with Crippen molar-refractivity contribution in [2.24, 2.45) is 0 Å². The van der Waals surface area contributed by atoms with Gasteiger partial charge in [-0.15, -0.1) is 6.58 Å². The first-order valence-corrected chi connectivity index (χ1v) is 5.77. The van der Waals surface area contributed by atoms with Gasteiger partial charge in [-0.2, -0.15) is 0 Å². The summed E-state index contributed by atoms with van der Waals surface area (Å²) in [7, 11) is 0. The molecule has 0 saturated carbocycles. The second-order valence-corrected chi connectivity index (χ2v) is 3.75. The first-order chi connectivity index (χ1) is 7.68. The normalized spacial score (nSPS) is 10.3. The zero-order valence-electron chi connectivity index (χ0n) is 10.2. The molecule has 0 aliphatic carbocycles. The van der Waals surface area contributed by atoms with E-state index < -0.39 is 0 Å². The minimum atomic E-state index is -0.306. The summed E-state index contributed by atoms with van der Waals surface area (Å²) in [6.45, 7) is 9.28. The maximum absolute atomic E-state index is 11.0. The molecule has 0 aromatic rings. The fourth-order valence-electron chi connectivity index (χ4n) is 1.13. The van der Waals surface area contributed by atoms with E-state index in [2.05, 4.69) is 25.3 Å². The average molecular weight is 222 g/mol. The van der Waals surface area contributed by atoms with Crippen LogP contribution in [0.25, 0.3) is 0 Å². The average Bonchev–Trinajstić information content (AvgIpc) is 2.26. The number of esters is 1. The molecule has 0 rings (SSSR count). The van der Waals surface area contributed by atoms with E-state index in [1.807, 2.05) is 6.08 Å². The molecule has 0 bridgehead atoms. The molecule has 0 spiro atoms. The molecule has 0 aromatic carbocycles. The maximum atomic E-state index is 11.0. The van der Waals surface area contributed by atoms with Crippen molar-refractivity contribution >= 4 is 5.97 Å². The van der Waals surface area contributed by atoms with Gasteiger partial charge in [0.1, 0.15) is 0 Å². The Morgan fingerprint density at radius 2 is 1.81 bits per heavy atom. The van der Waals surface area contributed by atoms with Crippen LogP contribution < -0.4 is 0 Å². The number of carbonyl (C=O) groups excluding carboxylic acids is 1. The highest BCUT2D eigenvalue weighted by Crippen LogP contribution is 2.01. The van der Waals surface area contributed by atoms with Crippen LogP contribution in [0.5, 0.6) is 0 Å². The standard InChI is InChI=1S/C14H22O2/c1-4-5-6-7-8-9-10-11-12-16-14(15)13(2)3/h4,9-10H,1-2,5-8,11-12H2,3H3. The lowest BCUT2D eigenvalue weighted by atomic mass is 10.2. The predicted octanol–water partition coefficient (Wildman–Crippen LogP) is 3.80. The molecule has 0 aliphatic rings. The Kier molecular flexibility index (Phi) is 9.38. The van der Waals surface area contributed by atoms with Crippen LogP contribution in [-0.4, -0.2) is 12.6 Å². The van der Waals surface area contributed by atoms with Gasteiger partial charge >= 0.3 is 5.97 Å². The van der Waals surface area contributed by atoms with Gasteiger partial charge in [-0.25, -0.2) is 4.79 Å². The topological polar surface area (TPSA) is 26.3 Å². The Morgan fingerprint density at radius 3 is 2.44 bits per heavy atom. The number of rotatable bonds is 9. The Labute approximate surface area is 98.7 Å². The minimum absolute atomic E-state index is 0.306. The molecule has 2 heteroatoms. The third-order valence-electron chi connectivity index (χ3n) is 2.06. The van der Waals surface area contributed by atoms with Gasteiger partial charge in [-0.3, -0.25) is 0 Å². The Morgan fingerprint density at radius 1 is 1.19 bits per heavy atom. The second-order valence-electron chi connectivity index (χ2n) is 3.75. The maximum Gasteiger partial charge on any atom is 0.333 e. The molecule has 0 aliphatic heterocycles. The van der Waals surface area contributed by atoms with E-state index in [0.29, 0.717) is 12.2 Å². The van der Waals surface area contributed by atoms with Crippen LogP contribution >= 0.6 is 0 Å². The highest BCUT2D eigenvalue weighted by molar-refractivity contribution is 5.86. The number of hydrogen-bond acceptors (Lipinski definition) is 2. The van der Waals surface area contributed by atoms with E-state index in [4.69, 9.17) is 4.74 Å². The lowest BCUT2D eigenvalue weighted by molar-refractivity contribution is -0.138. The molecule has 0 N–H and O–H groups in total. The number of unbranched alkanes of at least 4 members (excludes halogenated alkanes) is 3. The first-order valence-electron chi connectivity index (χ1n) is 5.77. The van der Waals surface area contributed by atoms with Gasteiger partial charge in [-0.1, -0.05) is 24.8 Å². The quantitative estimate of drug-likeness (QED) is 0.257. The molecule has 0 saturated heterocycles. The molecular formula is C14H22O2. The van der Waals surface area contributed by atoms with E-state index in [1.54, 1.807) is 6.92 Å². The zero-order chi connectivity index (χ0) is 12.2. The van der Waals surface area contributed by atoms with Crippen LogP contribution in [0.3, 0.4) is 0 Å².